The number of nitrogens with zero attached hydrogens (tertiary/aromatic N) is 4. The zero-order chi connectivity index (χ0) is 15.0. The van der Waals surface area contributed by atoms with Crippen molar-refractivity contribution in [3.05, 3.63) is 40.6 Å². The minimum atomic E-state index is -0.528. The first-order chi connectivity index (χ1) is 10.1. The van der Waals surface area contributed by atoms with Crippen LogP contribution in [-0.2, 0) is 6.42 Å². The maximum absolute atomic E-state index is 13.4. The summed E-state index contributed by atoms with van der Waals surface area (Å²) in [6.07, 6.45) is 5.58. The van der Waals surface area contributed by atoms with Gasteiger partial charge in [0.05, 0.1) is 5.69 Å². The summed E-state index contributed by atoms with van der Waals surface area (Å²) in [5, 5.41) is 7.38. The van der Waals surface area contributed by atoms with Crippen molar-refractivity contribution < 1.29 is 9.02 Å². The Labute approximate surface area is 119 Å². The fraction of sp³-hybridized carbons (Fsp3) is 0.143. The van der Waals surface area contributed by atoms with Gasteiger partial charge in [-0.15, -0.1) is 6.42 Å². The van der Waals surface area contributed by atoms with Crippen LogP contribution in [0.4, 0.5) is 10.1 Å². The smallest absolute Gasteiger partial charge is 0.226 e. The molecule has 0 saturated carbocycles. The van der Waals surface area contributed by atoms with Gasteiger partial charge in [-0.05, 0) is 35.3 Å². The van der Waals surface area contributed by atoms with E-state index < -0.39 is 5.82 Å². The molecule has 0 aliphatic rings. The van der Waals surface area contributed by atoms with Crippen LogP contribution >= 0.6 is 0 Å². The van der Waals surface area contributed by atoms with E-state index in [1.165, 1.54) is 6.07 Å². The Morgan fingerprint density at radius 2 is 2.14 bits per heavy atom. The predicted octanol–water partition coefficient (Wildman–Crippen LogP) is 1.61. The Balaban J connectivity index is 2.08. The zero-order valence-corrected chi connectivity index (χ0v) is 11.1. The lowest BCUT2D eigenvalue weighted by atomic mass is 10.0. The van der Waals surface area contributed by atoms with E-state index in [1.807, 2.05) is 0 Å². The summed E-state index contributed by atoms with van der Waals surface area (Å²) >= 11 is 0. The van der Waals surface area contributed by atoms with E-state index in [0.717, 1.165) is 5.56 Å². The molecule has 3 heterocycles. The van der Waals surface area contributed by atoms with Crippen molar-refractivity contribution in [1.82, 2.24) is 20.3 Å². The molecule has 0 unspecified atom stereocenters. The second kappa shape index (κ2) is 4.83. The molecule has 104 valence electrons. The van der Waals surface area contributed by atoms with Gasteiger partial charge in [-0.1, -0.05) is 0 Å². The largest absolute Gasteiger partial charge is 0.396 e. The molecule has 6 nitrogen and oxygen atoms in total. The van der Waals surface area contributed by atoms with E-state index in [-0.39, 0.29) is 5.69 Å². The van der Waals surface area contributed by atoms with Gasteiger partial charge in [0.25, 0.3) is 0 Å². The number of nitrogen functional groups attached to an aromatic ring is 1. The second-order valence-corrected chi connectivity index (χ2v) is 4.48. The minimum absolute atomic E-state index is 0.0270. The summed E-state index contributed by atoms with van der Waals surface area (Å²) in [6.45, 7) is 1.80. The van der Waals surface area contributed by atoms with Gasteiger partial charge in [0.1, 0.15) is 5.69 Å². The highest BCUT2D eigenvalue weighted by atomic mass is 19.1. The van der Waals surface area contributed by atoms with Gasteiger partial charge in [-0.3, -0.25) is 0 Å². The van der Waals surface area contributed by atoms with Crippen molar-refractivity contribution in [2.45, 2.75) is 13.3 Å². The first-order valence-electron chi connectivity index (χ1n) is 6.09. The highest BCUT2D eigenvalue weighted by Gasteiger charge is 2.15. The number of nitrogens with two attached hydrogens (primary N) is 1. The van der Waals surface area contributed by atoms with Gasteiger partial charge >= 0.3 is 0 Å². The molecule has 0 saturated heterocycles. The van der Waals surface area contributed by atoms with E-state index in [2.05, 4.69) is 30.8 Å². The Bertz CT molecular complexity index is 881. The Morgan fingerprint density at radius 3 is 2.90 bits per heavy atom. The van der Waals surface area contributed by atoms with Gasteiger partial charge in [0, 0.05) is 23.4 Å². The first-order valence-corrected chi connectivity index (χ1v) is 6.09. The van der Waals surface area contributed by atoms with Gasteiger partial charge < -0.3 is 5.73 Å². The third kappa shape index (κ3) is 2.17. The normalized spacial score (nSPS) is 10.7. The number of anilines is 1. The summed E-state index contributed by atoms with van der Waals surface area (Å²) in [4.78, 5) is 8.35. The number of halogens is 1. The van der Waals surface area contributed by atoms with Crippen LogP contribution < -0.4 is 5.73 Å². The Hall–Kier alpha value is -3.01. The monoisotopic (exact) mass is 283 g/mol. The molecule has 0 radical (unpaired) electrons. The topological polar surface area (TPSA) is 90.7 Å². The molecule has 0 bridgehead atoms. The summed E-state index contributed by atoms with van der Waals surface area (Å²) in [5.41, 5.74) is 9.23. The molecule has 0 aromatic carbocycles. The summed E-state index contributed by atoms with van der Waals surface area (Å²) in [5.74, 6) is 1.68. The van der Waals surface area contributed by atoms with E-state index in [1.54, 1.807) is 13.0 Å². The number of hydrogen-bond donors (Lipinski definition) is 1. The third-order valence-electron chi connectivity index (χ3n) is 3.16. The highest BCUT2D eigenvalue weighted by molar-refractivity contribution is 5.85. The predicted molar refractivity (Wildman–Crippen MR) is 73.7 cm³/mol. The standard InChI is InChI=1S/C14H10FN5O/c1-3-11-10(15)5-4-8(18-11)6-9-7(2)17-14-13(12(9)16)19-21-20-14/h1,4-5H,6,16H2,2H3. The van der Waals surface area contributed by atoms with Crippen LogP contribution in [0.2, 0.25) is 0 Å². The molecule has 2 N–H and O–H groups in total. The summed E-state index contributed by atoms with van der Waals surface area (Å²) in [6, 6.07) is 2.84. The molecule has 3 rings (SSSR count). The number of terminal acetylenes is 1. The number of aromatic nitrogens is 4. The summed E-state index contributed by atoms with van der Waals surface area (Å²) in [7, 11) is 0. The van der Waals surface area contributed by atoms with Crippen LogP contribution in [0.3, 0.4) is 0 Å². The Morgan fingerprint density at radius 1 is 1.33 bits per heavy atom. The van der Waals surface area contributed by atoms with E-state index >= 15 is 0 Å². The van der Waals surface area contributed by atoms with Crippen molar-refractivity contribution in [3.63, 3.8) is 0 Å². The van der Waals surface area contributed by atoms with Crippen LogP contribution in [0.25, 0.3) is 11.2 Å². The molecule has 0 aliphatic heterocycles. The van der Waals surface area contributed by atoms with E-state index in [9.17, 15) is 4.39 Å². The maximum Gasteiger partial charge on any atom is 0.226 e. The van der Waals surface area contributed by atoms with E-state index in [4.69, 9.17) is 12.2 Å². The molecular formula is C14H10FN5O. The maximum atomic E-state index is 13.4. The van der Waals surface area contributed by atoms with Gasteiger partial charge in [-0.2, -0.15) is 0 Å². The van der Waals surface area contributed by atoms with Crippen molar-refractivity contribution in [2.24, 2.45) is 0 Å². The van der Waals surface area contributed by atoms with Crippen molar-refractivity contribution >= 4 is 16.9 Å². The van der Waals surface area contributed by atoms with Crippen LogP contribution in [0.15, 0.2) is 16.8 Å². The molecular weight excluding hydrogens is 273 g/mol. The third-order valence-corrected chi connectivity index (χ3v) is 3.16. The second-order valence-electron chi connectivity index (χ2n) is 4.48. The average molecular weight is 283 g/mol. The van der Waals surface area contributed by atoms with Crippen molar-refractivity contribution in [1.29, 1.82) is 0 Å². The molecule has 3 aromatic heterocycles. The number of rotatable bonds is 2. The van der Waals surface area contributed by atoms with Gasteiger partial charge in [-0.25, -0.2) is 19.0 Å². The molecule has 0 aliphatic carbocycles. The Kier molecular flexibility index (Phi) is 2.99. The van der Waals surface area contributed by atoms with E-state index in [0.29, 0.717) is 34.7 Å². The molecule has 0 fully saturated rings. The minimum Gasteiger partial charge on any atom is -0.396 e. The fourth-order valence-corrected chi connectivity index (χ4v) is 2.08. The van der Waals surface area contributed by atoms with Gasteiger partial charge in [0.15, 0.2) is 11.3 Å². The molecule has 0 atom stereocenters. The quantitative estimate of drug-likeness (QED) is 0.718. The molecule has 0 amide bonds. The van der Waals surface area contributed by atoms with Crippen molar-refractivity contribution in [3.8, 4) is 12.3 Å². The number of fused-ring (bicyclic) bond motifs is 1. The highest BCUT2D eigenvalue weighted by Crippen LogP contribution is 2.25. The molecule has 3 aromatic rings. The molecule has 0 spiro atoms. The fourth-order valence-electron chi connectivity index (χ4n) is 2.08. The average Bonchev–Trinajstić information content (AvgIpc) is 2.93. The molecule has 7 heteroatoms. The van der Waals surface area contributed by atoms with Crippen LogP contribution in [0.1, 0.15) is 22.6 Å². The number of aryl methyl sites for hydroxylation is 1. The lowest BCUT2D eigenvalue weighted by Crippen LogP contribution is -2.04. The van der Waals surface area contributed by atoms with Crippen molar-refractivity contribution in [2.75, 3.05) is 5.73 Å². The van der Waals surface area contributed by atoms with Crippen LogP contribution in [0, 0.1) is 25.1 Å². The lowest BCUT2D eigenvalue weighted by molar-refractivity contribution is 0.315. The first kappa shape index (κ1) is 13.0. The lowest BCUT2D eigenvalue weighted by Gasteiger charge is -2.08. The number of hydrogen-bond acceptors (Lipinski definition) is 6. The molecule has 21 heavy (non-hydrogen) atoms. The van der Waals surface area contributed by atoms with Crippen LogP contribution in [0.5, 0.6) is 0 Å². The SMILES string of the molecule is C#Cc1nc(Cc2c(C)nc3nonc3c2N)ccc1F. The zero-order valence-electron chi connectivity index (χ0n) is 11.1. The van der Waals surface area contributed by atoms with Gasteiger partial charge in [0.2, 0.25) is 5.65 Å². The summed E-state index contributed by atoms with van der Waals surface area (Å²) < 4.78 is 18.0. The van der Waals surface area contributed by atoms with Crippen LogP contribution in [-0.4, -0.2) is 20.3 Å². The number of pyridine rings is 2.